The number of imide groups is 1. The van der Waals surface area contributed by atoms with Crippen LogP contribution in [0.2, 0.25) is 0 Å². The Hall–Kier alpha value is -4.19. The van der Waals surface area contributed by atoms with Crippen LogP contribution in [0.15, 0.2) is 84.9 Å². The average Bonchev–Trinajstić information content (AvgIpc) is 3.02. The molecule has 1 aliphatic heterocycles. The first-order valence-electron chi connectivity index (χ1n) is 10.4. The van der Waals surface area contributed by atoms with E-state index >= 15 is 0 Å². The van der Waals surface area contributed by atoms with Gasteiger partial charge in [-0.15, -0.1) is 0 Å². The normalized spacial score (nSPS) is 18.2. The topological polar surface area (TPSA) is 78.5 Å². The van der Waals surface area contributed by atoms with Gasteiger partial charge in [-0.3, -0.25) is 14.5 Å². The van der Waals surface area contributed by atoms with Crippen molar-refractivity contribution in [1.29, 1.82) is 0 Å². The Kier molecular flexibility index (Phi) is 4.63. The van der Waals surface area contributed by atoms with Crippen LogP contribution in [0.4, 0.5) is 10.5 Å². The standard InChI is InChI=1S/C26H21N3O3/c1-26(21-12-10-17-6-2-4-8-19(17)14-21)24(31)29(25(32)28-26)16-23(30)27-22-13-11-18-7-3-5-9-20(18)15-22/h2-15H,16H2,1H3,(H,27,30)(H,28,32)/t26-/m0/s1. The maximum Gasteiger partial charge on any atom is 0.325 e. The number of carbonyl (C=O) groups is 3. The molecule has 1 atom stereocenters. The van der Waals surface area contributed by atoms with Gasteiger partial charge in [-0.05, 0) is 52.2 Å². The minimum Gasteiger partial charge on any atom is -0.325 e. The Morgan fingerprint density at radius 2 is 1.44 bits per heavy atom. The van der Waals surface area contributed by atoms with Gasteiger partial charge in [-0.1, -0.05) is 66.7 Å². The summed E-state index contributed by atoms with van der Waals surface area (Å²) < 4.78 is 0. The van der Waals surface area contributed by atoms with Crippen LogP contribution >= 0.6 is 0 Å². The Labute approximate surface area is 184 Å². The first-order valence-corrected chi connectivity index (χ1v) is 10.4. The van der Waals surface area contributed by atoms with Gasteiger partial charge < -0.3 is 10.6 Å². The van der Waals surface area contributed by atoms with Crippen LogP contribution in [0.1, 0.15) is 12.5 Å². The first kappa shape index (κ1) is 19.8. The number of hydrogen-bond acceptors (Lipinski definition) is 3. The lowest BCUT2D eigenvalue weighted by molar-refractivity contribution is -0.133. The van der Waals surface area contributed by atoms with E-state index in [9.17, 15) is 14.4 Å². The van der Waals surface area contributed by atoms with Crippen LogP contribution in [-0.2, 0) is 15.1 Å². The van der Waals surface area contributed by atoms with Crippen molar-refractivity contribution in [3.8, 4) is 0 Å². The minimum absolute atomic E-state index is 0.360. The fraction of sp³-hybridized carbons (Fsp3) is 0.115. The molecule has 0 saturated carbocycles. The molecule has 1 fully saturated rings. The summed E-state index contributed by atoms with van der Waals surface area (Å²) in [6.07, 6.45) is 0. The number of anilines is 1. The van der Waals surface area contributed by atoms with E-state index in [2.05, 4.69) is 10.6 Å². The number of fused-ring (bicyclic) bond motifs is 2. The Balaban J connectivity index is 1.35. The summed E-state index contributed by atoms with van der Waals surface area (Å²) in [5, 5.41) is 9.61. The van der Waals surface area contributed by atoms with E-state index in [1.165, 1.54) is 0 Å². The molecule has 6 heteroatoms. The van der Waals surface area contributed by atoms with Gasteiger partial charge in [0.1, 0.15) is 12.1 Å². The first-order chi connectivity index (χ1) is 15.4. The van der Waals surface area contributed by atoms with Crippen molar-refractivity contribution in [2.24, 2.45) is 0 Å². The highest BCUT2D eigenvalue weighted by molar-refractivity contribution is 6.10. The quantitative estimate of drug-likeness (QED) is 0.478. The lowest BCUT2D eigenvalue weighted by Gasteiger charge is -2.22. The van der Waals surface area contributed by atoms with Crippen LogP contribution in [-0.4, -0.2) is 29.3 Å². The van der Waals surface area contributed by atoms with Crippen LogP contribution in [0.25, 0.3) is 21.5 Å². The molecule has 6 nitrogen and oxygen atoms in total. The maximum atomic E-state index is 13.2. The van der Waals surface area contributed by atoms with E-state index in [-0.39, 0.29) is 6.54 Å². The molecule has 0 aliphatic carbocycles. The molecule has 0 aromatic heterocycles. The number of nitrogens with one attached hydrogen (secondary N) is 2. The van der Waals surface area contributed by atoms with Gasteiger partial charge in [0.2, 0.25) is 5.91 Å². The molecule has 1 heterocycles. The predicted octanol–water partition coefficient (Wildman–Crippen LogP) is 4.40. The van der Waals surface area contributed by atoms with Gasteiger partial charge in [0.05, 0.1) is 0 Å². The van der Waals surface area contributed by atoms with Gasteiger partial charge in [0.25, 0.3) is 5.91 Å². The molecule has 0 radical (unpaired) electrons. The predicted molar refractivity (Wildman–Crippen MR) is 124 cm³/mol. The van der Waals surface area contributed by atoms with E-state index in [4.69, 9.17) is 0 Å². The van der Waals surface area contributed by atoms with E-state index in [1.807, 2.05) is 78.9 Å². The van der Waals surface area contributed by atoms with Crippen molar-refractivity contribution in [2.75, 3.05) is 11.9 Å². The second-order valence-electron chi connectivity index (χ2n) is 8.12. The summed E-state index contributed by atoms with van der Waals surface area (Å²) in [4.78, 5) is 39.4. The zero-order chi connectivity index (χ0) is 22.3. The van der Waals surface area contributed by atoms with Crippen molar-refractivity contribution in [3.63, 3.8) is 0 Å². The third-order valence-corrected chi connectivity index (χ3v) is 5.94. The van der Waals surface area contributed by atoms with E-state index in [0.717, 1.165) is 26.4 Å². The fourth-order valence-corrected chi connectivity index (χ4v) is 4.15. The fourth-order valence-electron chi connectivity index (χ4n) is 4.15. The third kappa shape index (κ3) is 3.36. The van der Waals surface area contributed by atoms with Gasteiger partial charge in [0, 0.05) is 5.69 Å². The molecule has 4 aromatic rings. The van der Waals surface area contributed by atoms with Crippen molar-refractivity contribution >= 4 is 45.1 Å². The van der Waals surface area contributed by atoms with E-state index in [0.29, 0.717) is 11.3 Å². The molecule has 0 spiro atoms. The third-order valence-electron chi connectivity index (χ3n) is 5.94. The van der Waals surface area contributed by atoms with Crippen molar-refractivity contribution in [3.05, 3.63) is 90.5 Å². The Morgan fingerprint density at radius 1 is 0.844 bits per heavy atom. The molecular weight excluding hydrogens is 402 g/mol. The Bertz CT molecular complexity index is 1400. The van der Waals surface area contributed by atoms with E-state index < -0.39 is 23.4 Å². The highest BCUT2D eigenvalue weighted by Gasteiger charge is 2.49. The number of benzene rings is 4. The van der Waals surface area contributed by atoms with Gasteiger partial charge >= 0.3 is 6.03 Å². The largest absolute Gasteiger partial charge is 0.325 e. The van der Waals surface area contributed by atoms with Crippen LogP contribution in [0.5, 0.6) is 0 Å². The lowest BCUT2D eigenvalue weighted by Crippen LogP contribution is -2.42. The number of urea groups is 1. The molecule has 158 valence electrons. The summed E-state index contributed by atoms with van der Waals surface area (Å²) >= 11 is 0. The molecule has 4 amide bonds. The summed E-state index contributed by atoms with van der Waals surface area (Å²) in [6, 6.07) is 26.3. The molecule has 32 heavy (non-hydrogen) atoms. The highest BCUT2D eigenvalue weighted by atomic mass is 16.2. The lowest BCUT2D eigenvalue weighted by atomic mass is 9.90. The summed E-state index contributed by atoms with van der Waals surface area (Å²) in [5.41, 5.74) is 0.0506. The van der Waals surface area contributed by atoms with Gasteiger partial charge in [-0.2, -0.15) is 0 Å². The monoisotopic (exact) mass is 423 g/mol. The summed E-state index contributed by atoms with van der Waals surface area (Å²) in [7, 11) is 0. The van der Waals surface area contributed by atoms with Crippen LogP contribution < -0.4 is 10.6 Å². The number of hydrogen-bond donors (Lipinski definition) is 2. The maximum absolute atomic E-state index is 13.2. The van der Waals surface area contributed by atoms with Crippen LogP contribution in [0.3, 0.4) is 0 Å². The van der Waals surface area contributed by atoms with Crippen molar-refractivity contribution in [2.45, 2.75) is 12.5 Å². The molecule has 2 N–H and O–H groups in total. The molecule has 1 aliphatic rings. The molecule has 0 bridgehead atoms. The van der Waals surface area contributed by atoms with Gasteiger partial charge in [0.15, 0.2) is 0 Å². The molecule has 0 unspecified atom stereocenters. The van der Waals surface area contributed by atoms with Crippen molar-refractivity contribution < 1.29 is 14.4 Å². The number of amides is 4. The van der Waals surface area contributed by atoms with Crippen molar-refractivity contribution in [1.82, 2.24) is 10.2 Å². The van der Waals surface area contributed by atoms with E-state index in [1.54, 1.807) is 13.0 Å². The summed E-state index contributed by atoms with van der Waals surface area (Å²) in [6.45, 7) is 1.30. The number of carbonyl (C=O) groups excluding carboxylic acids is 3. The number of nitrogens with zero attached hydrogens (tertiary/aromatic N) is 1. The summed E-state index contributed by atoms with van der Waals surface area (Å²) in [5.74, 6) is -0.891. The highest BCUT2D eigenvalue weighted by Crippen LogP contribution is 2.31. The zero-order valence-corrected chi connectivity index (χ0v) is 17.5. The Morgan fingerprint density at radius 3 is 2.12 bits per heavy atom. The average molecular weight is 423 g/mol. The second-order valence-corrected chi connectivity index (χ2v) is 8.12. The van der Waals surface area contributed by atoms with Crippen LogP contribution in [0, 0.1) is 0 Å². The van der Waals surface area contributed by atoms with Gasteiger partial charge in [-0.25, -0.2) is 4.79 Å². The second kappa shape index (κ2) is 7.50. The minimum atomic E-state index is -1.23. The smallest absolute Gasteiger partial charge is 0.325 e. The molecule has 4 aromatic carbocycles. The molecule has 1 saturated heterocycles. The zero-order valence-electron chi connectivity index (χ0n) is 17.5. The SMILES string of the molecule is C[C@@]1(c2ccc3ccccc3c2)NC(=O)N(CC(=O)Nc2ccc3ccccc3c2)C1=O. The number of rotatable bonds is 4. The molecular formula is C26H21N3O3. The molecule has 5 rings (SSSR count).